The molecule has 0 saturated heterocycles. The summed E-state index contributed by atoms with van der Waals surface area (Å²) in [4.78, 5) is 0. The molecule has 0 saturated carbocycles. The van der Waals surface area contributed by atoms with E-state index in [0.29, 0.717) is 0 Å². The Bertz CT molecular complexity index is 552. The Labute approximate surface area is 100.0 Å². The second-order valence-electron chi connectivity index (χ2n) is 3.90. The third-order valence-electron chi connectivity index (χ3n) is 2.85. The lowest BCUT2D eigenvalue weighted by Gasteiger charge is -2.11. The van der Waals surface area contributed by atoms with E-state index in [1.165, 1.54) is 0 Å². The van der Waals surface area contributed by atoms with Crippen LogP contribution in [0.3, 0.4) is 0 Å². The molecule has 2 aromatic rings. The molecular formula is C14H13NO2. The van der Waals surface area contributed by atoms with Crippen molar-refractivity contribution in [2.24, 2.45) is 0 Å². The fourth-order valence-corrected chi connectivity index (χ4v) is 1.97. The molecule has 0 fully saturated rings. The molecule has 3 heteroatoms. The number of nitrogens with one attached hydrogen (secondary N) is 1. The minimum absolute atomic E-state index is 0.742. The fraction of sp³-hybridized carbons (Fsp3) is 0.143. The number of ether oxygens (including phenoxy) is 2. The molecule has 0 unspecified atom stereocenters. The highest BCUT2D eigenvalue weighted by Crippen LogP contribution is 2.41. The summed E-state index contributed by atoms with van der Waals surface area (Å²) >= 11 is 0. The summed E-state index contributed by atoms with van der Waals surface area (Å²) in [5.41, 5.74) is 2.10. The minimum atomic E-state index is 0.742. The van der Waals surface area contributed by atoms with Crippen LogP contribution in [0.1, 0.15) is 5.56 Å². The normalized spacial score (nSPS) is 12.5. The van der Waals surface area contributed by atoms with Gasteiger partial charge in [-0.3, -0.25) is 0 Å². The molecule has 1 aliphatic heterocycles. The van der Waals surface area contributed by atoms with Crippen molar-refractivity contribution in [1.29, 1.82) is 0 Å². The molecular weight excluding hydrogens is 214 g/mol. The second-order valence-corrected chi connectivity index (χ2v) is 3.90. The van der Waals surface area contributed by atoms with Gasteiger partial charge >= 0.3 is 0 Å². The van der Waals surface area contributed by atoms with Crippen molar-refractivity contribution in [2.45, 2.75) is 6.54 Å². The maximum Gasteiger partial charge on any atom is 0.192 e. The molecule has 17 heavy (non-hydrogen) atoms. The topological polar surface area (TPSA) is 30.5 Å². The van der Waals surface area contributed by atoms with Crippen LogP contribution in [0.2, 0.25) is 0 Å². The summed E-state index contributed by atoms with van der Waals surface area (Å²) in [6.45, 7) is 0.760. The highest BCUT2D eigenvalue weighted by Gasteiger charge is 2.17. The van der Waals surface area contributed by atoms with Crippen LogP contribution in [-0.4, -0.2) is 7.11 Å². The Morgan fingerprint density at radius 2 is 2.00 bits per heavy atom. The summed E-state index contributed by atoms with van der Waals surface area (Å²) in [5, 5.41) is 3.35. The van der Waals surface area contributed by atoms with Crippen molar-refractivity contribution < 1.29 is 9.47 Å². The third-order valence-corrected chi connectivity index (χ3v) is 2.85. The van der Waals surface area contributed by atoms with E-state index in [-0.39, 0.29) is 0 Å². The predicted octanol–water partition coefficient (Wildman–Crippen LogP) is 3.41. The largest absolute Gasteiger partial charge is 0.493 e. The van der Waals surface area contributed by atoms with Gasteiger partial charge in [-0.15, -0.1) is 0 Å². The van der Waals surface area contributed by atoms with Crippen molar-refractivity contribution in [1.82, 2.24) is 0 Å². The number of fused-ring (bicyclic) bond motifs is 2. The van der Waals surface area contributed by atoms with Crippen molar-refractivity contribution in [3.8, 4) is 17.2 Å². The van der Waals surface area contributed by atoms with Crippen LogP contribution in [0.15, 0.2) is 42.5 Å². The van der Waals surface area contributed by atoms with Crippen LogP contribution in [0.25, 0.3) is 0 Å². The lowest BCUT2D eigenvalue weighted by Crippen LogP contribution is -1.97. The van der Waals surface area contributed by atoms with Gasteiger partial charge in [0.05, 0.1) is 12.8 Å². The van der Waals surface area contributed by atoms with Crippen molar-refractivity contribution in [3.05, 3.63) is 48.0 Å². The molecule has 0 aromatic heterocycles. The zero-order valence-electron chi connectivity index (χ0n) is 9.57. The Kier molecular flexibility index (Phi) is 2.37. The van der Waals surface area contributed by atoms with Gasteiger partial charge in [-0.05, 0) is 18.2 Å². The van der Waals surface area contributed by atoms with Gasteiger partial charge in [-0.2, -0.15) is 0 Å². The summed E-state index contributed by atoms with van der Waals surface area (Å²) in [7, 11) is 1.65. The van der Waals surface area contributed by atoms with Crippen LogP contribution in [0.5, 0.6) is 17.2 Å². The van der Waals surface area contributed by atoms with Gasteiger partial charge in [-0.1, -0.05) is 24.3 Å². The molecule has 1 aliphatic rings. The Morgan fingerprint density at radius 1 is 1.12 bits per heavy atom. The quantitative estimate of drug-likeness (QED) is 0.809. The molecule has 2 aromatic carbocycles. The van der Waals surface area contributed by atoms with E-state index in [2.05, 4.69) is 11.4 Å². The van der Waals surface area contributed by atoms with Crippen LogP contribution in [-0.2, 0) is 6.54 Å². The standard InChI is InChI=1S/C14H13NO2/c1-16-13-8-4-6-11-14(13)17-12-7-3-2-5-10(12)9-15-11/h2-8,15H,9H2,1H3. The zero-order valence-corrected chi connectivity index (χ0v) is 9.57. The van der Waals surface area contributed by atoms with E-state index in [1.807, 2.05) is 36.4 Å². The van der Waals surface area contributed by atoms with E-state index in [9.17, 15) is 0 Å². The summed E-state index contributed by atoms with van der Waals surface area (Å²) in [5.74, 6) is 2.37. The number of hydrogen-bond donors (Lipinski definition) is 1. The lowest BCUT2D eigenvalue weighted by atomic mass is 10.2. The van der Waals surface area contributed by atoms with Crippen molar-refractivity contribution in [2.75, 3.05) is 12.4 Å². The number of rotatable bonds is 1. The van der Waals surface area contributed by atoms with Gasteiger partial charge in [0, 0.05) is 12.1 Å². The summed E-state index contributed by atoms with van der Waals surface area (Å²) in [6, 6.07) is 13.8. The van der Waals surface area contributed by atoms with E-state index in [4.69, 9.17) is 9.47 Å². The molecule has 3 rings (SSSR count). The first-order chi connectivity index (χ1) is 8.38. The van der Waals surface area contributed by atoms with E-state index in [0.717, 1.165) is 35.0 Å². The number of anilines is 1. The first-order valence-electron chi connectivity index (χ1n) is 5.55. The first kappa shape index (κ1) is 10.0. The van der Waals surface area contributed by atoms with Crippen LogP contribution in [0.4, 0.5) is 5.69 Å². The predicted molar refractivity (Wildman–Crippen MR) is 66.8 cm³/mol. The van der Waals surface area contributed by atoms with Crippen LogP contribution in [0, 0.1) is 0 Å². The Balaban J connectivity index is 2.12. The number of benzene rings is 2. The highest BCUT2D eigenvalue weighted by atomic mass is 16.5. The Morgan fingerprint density at radius 3 is 2.88 bits per heavy atom. The van der Waals surface area contributed by atoms with Gasteiger partial charge in [0.15, 0.2) is 11.5 Å². The number of para-hydroxylation sites is 2. The summed E-state index contributed by atoms with van der Waals surface area (Å²) in [6.07, 6.45) is 0. The molecule has 0 bridgehead atoms. The molecule has 0 atom stereocenters. The van der Waals surface area contributed by atoms with Crippen LogP contribution < -0.4 is 14.8 Å². The SMILES string of the molecule is COc1cccc2c1Oc1ccccc1CN2. The van der Waals surface area contributed by atoms with Gasteiger partial charge < -0.3 is 14.8 Å². The monoisotopic (exact) mass is 227 g/mol. The first-order valence-corrected chi connectivity index (χ1v) is 5.55. The molecule has 3 nitrogen and oxygen atoms in total. The lowest BCUT2D eigenvalue weighted by molar-refractivity contribution is 0.380. The van der Waals surface area contributed by atoms with E-state index < -0.39 is 0 Å². The number of hydrogen-bond acceptors (Lipinski definition) is 3. The highest BCUT2D eigenvalue weighted by molar-refractivity contribution is 5.66. The van der Waals surface area contributed by atoms with Gasteiger partial charge in [-0.25, -0.2) is 0 Å². The zero-order chi connectivity index (χ0) is 11.7. The van der Waals surface area contributed by atoms with Crippen molar-refractivity contribution >= 4 is 5.69 Å². The molecule has 0 aliphatic carbocycles. The van der Waals surface area contributed by atoms with E-state index >= 15 is 0 Å². The molecule has 86 valence electrons. The fourth-order valence-electron chi connectivity index (χ4n) is 1.97. The average molecular weight is 227 g/mol. The smallest absolute Gasteiger partial charge is 0.192 e. The average Bonchev–Trinajstić information content (AvgIpc) is 2.57. The molecule has 1 heterocycles. The van der Waals surface area contributed by atoms with Crippen LogP contribution >= 0.6 is 0 Å². The summed E-state index contributed by atoms with van der Waals surface area (Å²) < 4.78 is 11.3. The maximum absolute atomic E-state index is 5.94. The van der Waals surface area contributed by atoms with Crippen molar-refractivity contribution in [3.63, 3.8) is 0 Å². The number of methoxy groups -OCH3 is 1. The van der Waals surface area contributed by atoms with Gasteiger partial charge in [0.25, 0.3) is 0 Å². The Hall–Kier alpha value is -2.16. The maximum atomic E-state index is 5.94. The molecule has 1 N–H and O–H groups in total. The second kappa shape index (κ2) is 4.01. The van der Waals surface area contributed by atoms with Gasteiger partial charge in [0.2, 0.25) is 0 Å². The molecule has 0 radical (unpaired) electrons. The minimum Gasteiger partial charge on any atom is -0.493 e. The third kappa shape index (κ3) is 1.69. The molecule has 0 spiro atoms. The molecule has 0 amide bonds. The van der Waals surface area contributed by atoms with Gasteiger partial charge in [0.1, 0.15) is 5.75 Å². The van der Waals surface area contributed by atoms with E-state index in [1.54, 1.807) is 7.11 Å².